The third-order valence-corrected chi connectivity index (χ3v) is 13.0. The van der Waals surface area contributed by atoms with Gasteiger partial charge < -0.3 is 19.4 Å². The van der Waals surface area contributed by atoms with Crippen LogP contribution in [0.4, 0.5) is 0 Å². The molecule has 0 saturated carbocycles. The van der Waals surface area contributed by atoms with Gasteiger partial charge in [0, 0.05) is 12.8 Å². The number of nitrogens with one attached hydrogen (secondary N) is 1. The van der Waals surface area contributed by atoms with Gasteiger partial charge in [0.1, 0.15) is 19.3 Å². The van der Waals surface area contributed by atoms with Gasteiger partial charge in [-0.3, -0.25) is 18.6 Å². The number of nitrogens with zero attached hydrogens (tertiary/aromatic N) is 1. The number of likely N-dealkylation sites (N-methyl/N-ethyl adjacent to an activating group) is 1. The molecule has 416 valence electrons. The summed E-state index contributed by atoms with van der Waals surface area (Å²) >= 11 is 0. The average molecular weight is 1040 g/mol. The quantitative estimate of drug-likeness (QED) is 0.0156. The second-order valence-electron chi connectivity index (χ2n) is 20.1. The van der Waals surface area contributed by atoms with Gasteiger partial charge in [-0.2, -0.15) is 0 Å². The number of hydrogen-bond donors (Lipinski definition) is 2. The van der Waals surface area contributed by atoms with Crippen molar-refractivity contribution in [2.75, 3.05) is 40.9 Å². The highest BCUT2D eigenvalue weighted by Gasteiger charge is 2.30. The number of rotatable bonds is 50. The number of quaternary nitrogens is 1. The predicted molar refractivity (Wildman–Crippen MR) is 313 cm³/mol. The monoisotopic (exact) mass is 1040 g/mol. The Bertz CT molecular complexity index is 1660. The van der Waals surface area contributed by atoms with E-state index in [-0.39, 0.29) is 37.9 Å². The standard InChI is InChI=1S/C63H107N2O7P/c1-7-10-13-16-19-22-25-28-30-31-32-33-35-37-40-43-46-49-52-55-62(66)64-60(59-71-73(68,69)70-58-57-65(4,5)6)61(54-51-48-45-42-39-36-27-24-21-18-15-12-9-3)72-63(67)56-53-50-47-44-41-38-34-29-26-23-20-17-14-11-8-2/h10-11,13-14,17,19-20,22-23,26,28,30,32-33,37,40,46,49,51,54,60-61H,7-9,12,15-16,18,21,24-25,27,29,31,34-36,38-39,41-45,47-48,50,52-53,55-59H2,1-6H3,(H-,64,66,68,69)/p+1/b13-10-,14-11+,20-17+,22-19-,26-23+,30-28-,33-32-,40-37-,49-46-,54-51-. The summed E-state index contributed by atoms with van der Waals surface area (Å²) in [6.45, 7) is 6.68. The van der Waals surface area contributed by atoms with Crippen LogP contribution in [-0.2, 0) is 27.9 Å². The number of amides is 1. The van der Waals surface area contributed by atoms with Crippen LogP contribution in [0.15, 0.2) is 122 Å². The molecule has 0 aliphatic rings. The summed E-state index contributed by atoms with van der Waals surface area (Å²) in [7, 11) is 1.42. The Morgan fingerprint density at radius 1 is 0.507 bits per heavy atom. The number of phosphoric acid groups is 1. The van der Waals surface area contributed by atoms with E-state index >= 15 is 0 Å². The number of carbonyl (C=O) groups excluding carboxylic acids is 2. The Morgan fingerprint density at radius 2 is 0.959 bits per heavy atom. The smallest absolute Gasteiger partial charge is 0.456 e. The van der Waals surface area contributed by atoms with Crippen molar-refractivity contribution in [2.45, 2.75) is 226 Å². The zero-order valence-electron chi connectivity index (χ0n) is 47.3. The van der Waals surface area contributed by atoms with Crippen molar-refractivity contribution in [1.29, 1.82) is 0 Å². The Labute approximate surface area is 448 Å². The first-order chi connectivity index (χ1) is 35.4. The highest BCUT2D eigenvalue weighted by Crippen LogP contribution is 2.43. The second-order valence-corrected chi connectivity index (χ2v) is 21.6. The molecule has 3 atom stereocenters. The maximum Gasteiger partial charge on any atom is 0.472 e. The molecule has 0 spiro atoms. The zero-order valence-corrected chi connectivity index (χ0v) is 48.2. The third-order valence-electron chi connectivity index (χ3n) is 12.0. The van der Waals surface area contributed by atoms with Gasteiger partial charge in [0.25, 0.3) is 0 Å². The first-order valence-electron chi connectivity index (χ1n) is 28.9. The molecule has 2 N–H and O–H groups in total. The molecular weight excluding hydrogens is 928 g/mol. The van der Waals surface area contributed by atoms with E-state index in [1.165, 1.54) is 77.0 Å². The molecule has 0 aliphatic heterocycles. The van der Waals surface area contributed by atoms with Gasteiger partial charge in [0.15, 0.2) is 0 Å². The van der Waals surface area contributed by atoms with Crippen LogP contribution >= 0.6 is 7.82 Å². The summed E-state index contributed by atoms with van der Waals surface area (Å²) < 4.78 is 30.6. The number of ether oxygens (including phenoxy) is 1. The van der Waals surface area contributed by atoms with E-state index in [4.69, 9.17) is 13.8 Å². The predicted octanol–water partition coefficient (Wildman–Crippen LogP) is 17.5. The minimum Gasteiger partial charge on any atom is -0.456 e. The van der Waals surface area contributed by atoms with E-state index in [0.717, 1.165) is 89.9 Å². The van der Waals surface area contributed by atoms with Gasteiger partial charge in [-0.05, 0) is 89.5 Å². The van der Waals surface area contributed by atoms with Gasteiger partial charge in [-0.1, -0.05) is 233 Å². The maximum atomic E-state index is 13.5. The summed E-state index contributed by atoms with van der Waals surface area (Å²) in [6, 6.07) is -0.901. The summed E-state index contributed by atoms with van der Waals surface area (Å²) in [5.41, 5.74) is 0. The normalized spacial score (nSPS) is 14.7. The fourth-order valence-electron chi connectivity index (χ4n) is 7.55. The molecule has 0 heterocycles. The Hall–Kier alpha value is -3.59. The van der Waals surface area contributed by atoms with Crippen LogP contribution in [0, 0.1) is 0 Å². The highest BCUT2D eigenvalue weighted by atomic mass is 31.2. The lowest BCUT2D eigenvalue weighted by Crippen LogP contribution is -2.47. The summed E-state index contributed by atoms with van der Waals surface area (Å²) in [4.78, 5) is 37.6. The SMILES string of the molecule is CC/C=C\C/C=C\C/C=C\C/C=C\C/C=C\C/C=C\CCC(=O)NC(COP(=O)(O)OCC[N+](C)(C)C)C(/C=C\CCCCCCCCCCCCC)OC(=O)CCCCCCCCC/C=C/C=C/C=C/CC. The van der Waals surface area contributed by atoms with Gasteiger partial charge in [-0.25, -0.2) is 4.57 Å². The lowest BCUT2D eigenvalue weighted by atomic mass is 10.0. The van der Waals surface area contributed by atoms with Crippen molar-refractivity contribution in [3.63, 3.8) is 0 Å². The topological polar surface area (TPSA) is 111 Å². The Morgan fingerprint density at radius 3 is 1.47 bits per heavy atom. The molecule has 0 aromatic carbocycles. The minimum atomic E-state index is -4.48. The summed E-state index contributed by atoms with van der Waals surface area (Å²) in [5.74, 6) is -0.627. The lowest BCUT2D eigenvalue weighted by Gasteiger charge is -2.27. The fraction of sp³-hybridized carbons (Fsp3) is 0.651. The molecule has 73 heavy (non-hydrogen) atoms. The third kappa shape index (κ3) is 53.1. The van der Waals surface area contributed by atoms with Crippen molar-refractivity contribution in [3.8, 4) is 0 Å². The number of allylic oxidation sites excluding steroid dienone is 19. The van der Waals surface area contributed by atoms with Gasteiger partial charge in [0.2, 0.25) is 5.91 Å². The van der Waals surface area contributed by atoms with Crippen LogP contribution in [0.25, 0.3) is 0 Å². The van der Waals surface area contributed by atoms with E-state index < -0.39 is 20.0 Å². The Balaban J connectivity index is 5.51. The lowest BCUT2D eigenvalue weighted by molar-refractivity contribution is -0.870. The van der Waals surface area contributed by atoms with Crippen LogP contribution in [-0.4, -0.2) is 74.3 Å². The first kappa shape index (κ1) is 69.4. The van der Waals surface area contributed by atoms with E-state index in [1.54, 1.807) is 0 Å². The van der Waals surface area contributed by atoms with Crippen molar-refractivity contribution < 1.29 is 37.3 Å². The van der Waals surface area contributed by atoms with E-state index in [2.05, 4.69) is 123 Å². The molecular formula is C63H108N2O7P+. The van der Waals surface area contributed by atoms with E-state index in [9.17, 15) is 19.0 Å². The number of esters is 1. The minimum absolute atomic E-state index is 0.0180. The number of phosphoric ester groups is 1. The molecule has 0 aromatic rings. The molecule has 0 aromatic heterocycles. The molecule has 0 fully saturated rings. The van der Waals surface area contributed by atoms with Gasteiger partial charge in [0.05, 0.1) is 33.8 Å². The molecule has 3 unspecified atom stereocenters. The number of hydrogen-bond acceptors (Lipinski definition) is 6. The van der Waals surface area contributed by atoms with E-state index in [1.807, 2.05) is 45.4 Å². The van der Waals surface area contributed by atoms with E-state index in [0.29, 0.717) is 23.9 Å². The van der Waals surface area contributed by atoms with Crippen molar-refractivity contribution in [1.82, 2.24) is 5.32 Å². The van der Waals surface area contributed by atoms with Crippen LogP contribution in [0.1, 0.15) is 213 Å². The van der Waals surface area contributed by atoms with Gasteiger partial charge >= 0.3 is 13.8 Å². The largest absolute Gasteiger partial charge is 0.472 e. The van der Waals surface area contributed by atoms with Crippen LogP contribution in [0.5, 0.6) is 0 Å². The average Bonchev–Trinajstić information content (AvgIpc) is 3.35. The molecule has 10 heteroatoms. The highest BCUT2D eigenvalue weighted by molar-refractivity contribution is 7.47. The summed E-state index contributed by atoms with van der Waals surface area (Å²) in [5, 5.41) is 2.99. The molecule has 0 saturated heterocycles. The van der Waals surface area contributed by atoms with Crippen molar-refractivity contribution in [2.24, 2.45) is 0 Å². The second kappa shape index (κ2) is 51.9. The number of carbonyl (C=O) groups is 2. The van der Waals surface area contributed by atoms with Crippen LogP contribution in [0.3, 0.4) is 0 Å². The maximum absolute atomic E-state index is 13.5. The zero-order chi connectivity index (χ0) is 53.6. The van der Waals surface area contributed by atoms with Crippen molar-refractivity contribution in [3.05, 3.63) is 122 Å². The molecule has 1 amide bonds. The molecule has 0 radical (unpaired) electrons. The molecule has 0 aliphatic carbocycles. The van der Waals surface area contributed by atoms with Crippen molar-refractivity contribution >= 4 is 19.7 Å². The van der Waals surface area contributed by atoms with Gasteiger partial charge in [-0.15, -0.1) is 0 Å². The molecule has 0 rings (SSSR count). The Kier molecular flexibility index (Phi) is 49.3. The molecule has 0 bridgehead atoms. The first-order valence-corrected chi connectivity index (χ1v) is 30.4. The fourth-order valence-corrected chi connectivity index (χ4v) is 8.29. The number of unbranched alkanes of at least 4 members (excludes halogenated alkanes) is 18. The van der Waals surface area contributed by atoms with Crippen LogP contribution < -0.4 is 5.32 Å². The van der Waals surface area contributed by atoms with Crippen LogP contribution in [0.2, 0.25) is 0 Å². The molecule has 9 nitrogen and oxygen atoms in total. The summed E-state index contributed by atoms with van der Waals surface area (Å²) in [6.07, 6.45) is 72.1.